The Morgan fingerprint density at radius 3 is 2.31 bits per heavy atom. The molecule has 2 aromatic rings. The zero-order valence-electron chi connectivity index (χ0n) is 14.1. The van der Waals surface area contributed by atoms with Gasteiger partial charge in [-0.25, -0.2) is 13.9 Å². The van der Waals surface area contributed by atoms with Crippen LogP contribution in [0.25, 0.3) is 0 Å². The smallest absolute Gasteiger partial charge is 0.244 e. The maximum atomic E-state index is 13.0. The molecule has 0 aromatic heterocycles. The maximum Gasteiger partial charge on any atom is 0.244 e. The average Bonchev–Trinajstić information content (AvgIpc) is 2.66. The van der Waals surface area contributed by atoms with E-state index in [-0.39, 0.29) is 24.4 Å². The SMILES string of the molecule is COc1ccc(S(=O)(=O)N(CCC(=O)NO)Cc2ccc(Cl)cc2)cc1. The number of methoxy groups -OCH3 is 1. The Labute approximate surface area is 157 Å². The summed E-state index contributed by atoms with van der Waals surface area (Å²) in [6, 6.07) is 12.7. The van der Waals surface area contributed by atoms with E-state index in [1.807, 2.05) is 0 Å². The van der Waals surface area contributed by atoms with E-state index >= 15 is 0 Å². The molecule has 1 amide bonds. The van der Waals surface area contributed by atoms with Crippen LogP contribution < -0.4 is 10.2 Å². The van der Waals surface area contributed by atoms with Gasteiger partial charge in [-0.15, -0.1) is 0 Å². The minimum atomic E-state index is -3.86. The number of carbonyl (C=O) groups excluding carboxylic acids is 1. The topological polar surface area (TPSA) is 95.9 Å². The van der Waals surface area contributed by atoms with Crippen LogP contribution in [0.15, 0.2) is 53.4 Å². The van der Waals surface area contributed by atoms with E-state index in [9.17, 15) is 13.2 Å². The molecule has 0 saturated carbocycles. The second kappa shape index (κ2) is 9.00. The summed E-state index contributed by atoms with van der Waals surface area (Å²) in [7, 11) is -2.37. The molecule has 140 valence electrons. The fourth-order valence-corrected chi connectivity index (χ4v) is 3.81. The molecule has 9 heteroatoms. The third kappa shape index (κ3) is 5.18. The Morgan fingerprint density at radius 1 is 1.15 bits per heavy atom. The molecule has 0 unspecified atom stereocenters. The van der Waals surface area contributed by atoms with Gasteiger partial charge < -0.3 is 4.74 Å². The zero-order valence-corrected chi connectivity index (χ0v) is 15.6. The summed E-state index contributed by atoms with van der Waals surface area (Å²) < 4.78 is 32.2. The van der Waals surface area contributed by atoms with Crippen molar-refractivity contribution in [3.8, 4) is 5.75 Å². The molecule has 0 heterocycles. The molecule has 2 rings (SSSR count). The van der Waals surface area contributed by atoms with Crippen LogP contribution in [0.4, 0.5) is 0 Å². The molecule has 26 heavy (non-hydrogen) atoms. The fraction of sp³-hybridized carbons (Fsp3) is 0.235. The second-order valence-corrected chi connectivity index (χ2v) is 7.80. The van der Waals surface area contributed by atoms with Gasteiger partial charge >= 0.3 is 0 Å². The standard InChI is InChI=1S/C17H19ClN2O5S/c1-25-15-6-8-16(9-7-15)26(23,24)20(11-10-17(21)19-22)12-13-2-4-14(18)5-3-13/h2-9,22H,10-12H2,1H3,(H,19,21). The molecule has 0 spiro atoms. The average molecular weight is 399 g/mol. The fourth-order valence-electron chi connectivity index (χ4n) is 2.26. The molecule has 7 nitrogen and oxygen atoms in total. The van der Waals surface area contributed by atoms with Crippen LogP contribution in [-0.4, -0.2) is 37.5 Å². The van der Waals surface area contributed by atoms with Gasteiger partial charge in [0.1, 0.15) is 5.75 Å². The normalized spacial score (nSPS) is 11.4. The molecule has 2 N–H and O–H groups in total. The number of carbonyl (C=O) groups is 1. The molecule has 0 radical (unpaired) electrons. The third-order valence-corrected chi connectivity index (χ3v) is 5.79. The molecule has 0 aliphatic rings. The van der Waals surface area contributed by atoms with Crippen molar-refractivity contribution in [3.63, 3.8) is 0 Å². The Bertz CT molecular complexity index is 838. The van der Waals surface area contributed by atoms with E-state index in [2.05, 4.69) is 0 Å². The highest BCUT2D eigenvalue weighted by atomic mass is 35.5. The molecule has 0 bridgehead atoms. The number of hydrogen-bond acceptors (Lipinski definition) is 5. The summed E-state index contributed by atoms with van der Waals surface area (Å²) in [6.45, 7) is -0.0341. The lowest BCUT2D eigenvalue weighted by molar-refractivity contribution is -0.129. The number of rotatable bonds is 8. The summed E-state index contributed by atoms with van der Waals surface area (Å²) in [5, 5.41) is 9.19. The first-order valence-corrected chi connectivity index (χ1v) is 9.50. The lowest BCUT2D eigenvalue weighted by Gasteiger charge is -2.22. The number of hydrogen-bond donors (Lipinski definition) is 2. The monoisotopic (exact) mass is 398 g/mol. The van der Waals surface area contributed by atoms with Crippen molar-refractivity contribution in [2.75, 3.05) is 13.7 Å². The molecule has 0 atom stereocenters. The van der Waals surface area contributed by atoms with Crippen molar-refractivity contribution in [3.05, 3.63) is 59.1 Å². The number of ether oxygens (including phenoxy) is 1. The van der Waals surface area contributed by atoms with Crippen LogP contribution in [-0.2, 0) is 21.4 Å². The molecule has 0 fully saturated rings. The minimum Gasteiger partial charge on any atom is -0.497 e. The number of hydroxylamine groups is 1. The highest BCUT2D eigenvalue weighted by Gasteiger charge is 2.25. The van der Waals surface area contributed by atoms with Gasteiger partial charge in [0.15, 0.2) is 0 Å². The second-order valence-electron chi connectivity index (χ2n) is 5.43. The molecular weight excluding hydrogens is 380 g/mol. The van der Waals surface area contributed by atoms with Gasteiger partial charge in [0, 0.05) is 24.5 Å². The van der Waals surface area contributed by atoms with Gasteiger partial charge in [0.05, 0.1) is 12.0 Å². The minimum absolute atomic E-state index is 0.0598. The quantitative estimate of drug-likeness (QED) is 0.526. The van der Waals surface area contributed by atoms with Gasteiger partial charge in [-0.05, 0) is 42.0 Å². The highest BCUT2D eigenvalue weighted by Crippen LogP contribution is 2.22. The lowest BCUT2D eigenvalue weighted by Crippen LogP contribution is -2.34. The van der Waals surface area contributed by atoms with E-state index in [0.717, 1.165) is 5.56 Å². The van der Waals surface area contributed by atoms with Gasteiger partial charge in [-0.3, -0.25) is 10.0 Å². The Hall–Kier alpha value is -2.13. The van der Waals surface area contributed by atoms with Crippen molar-refractivity contribution in [2.24, 2.45) is 0 Å². The van der Waals surface area contributed by atoms with Crippen molar-refractivity contribution in [1.29, 1.82) is 0 Å². The maximum absolute atomic E-state index is 13.0. The predicted molar refractivity (Wildman–Crippen MR) is 96.6 cm³/mol. The summed E-state index contributed by atoms with van der Waals surface area (Å²) >= 11 is 5.86. The summed E-state index contributed by atoms with van der Waals surface area (Å²) in [5.41, 5.74) is 2.22. The van der Waals surface area contributed by atoms with Gasteiger partial charge in [-0.1, -0.05) is 23.7 Å². The molecule has 2 aromatic carbocycles. The first kappa shape index (κ1) is 20.2. The van der Waals surface area contributed by atoms with Crippen LogP contribution >= 0.6 is 11.6 Å². The lowest BCUT2D eigenvalue weighted by atomic mass is 10.2. The Balaban J connectivity index is 2.30. The van der Waals surface area contributed by atoms with Gasteiger partial charge in [0.25, 0.3) is 0 Å². The van der Waals surface area contributed by atoms with Crippen molar-refractivity contribution < 1.29 is 23.2 Å². The Kier molecular flexibility index (Phi) is 6.98. The van der Waals surface area contributed by atoms with Crippen LogP contribution in [0.2, 0.25) is 5.02 Å². The van der Waals surface area contributed by atoms with Gasteiger partial charge in [-0.2, -0.15) is 4.31 Å². The van der Waals surface area contributed by atoms with Crippen molar-refractivity contribution in [2.45, 2.75) is 17.9 Å². The first-order chi connectivity index (χ1) is 12.4. The van der Waals surface area contributed by atoms with E-state index < -0.39 is 15.9 Å². The number of amides is 1. The highest BCUT2D eigenvalue weighted by molar-refractivity contribution is 7.89. The molecule has 0 aliphatic carbocycles. The van der Waals surface area contributed by atoms with E-state index in [1.165, 1.54) is 29.0 Å². The predicted octanol–water partition coefficient (Wildman–Crippen LogP) is 2.44. The van der Waals surface area contributed by atoms with Gasteiger partial charge in [0.2, 0.25) is 15.9 Å². The molecule has 0 saturated heterocycles. The number of nitrogens with one attached hydrogen (secondary N) is 1. The number of sulfonamides is 1. The summed E-state index contributed by atoms with van der Waals surface area (Å²) in [5.74, 6) is -0.135. The zero-order chi connectivity index (χ0) is 19.2. The number of nitrogens with zero attached hydrogens (tertiary/aromatic N) is 1. The Morgan fingerprint density at radius 2 is 1.77 bits per heavy atom. The van der Waals surface area contributed by atoms with Crippen molar-refractivity contribution in [1.82, 2.24) is 9.79 Å². The van der Waals surface area contributed by atoms with Crippen LogP contribution in [0, 0.1) is 0 Å². The van der Waals surface area contributed by atoms with E-state index in [1.54, 1.807) is 36.4 Å². The van der Waals surface area contributed by atoms with E-state index in [0.29, 0.717) is 10.8 Å². The van der Waals surface area contributed by atoms with Crippen LogP contribution in [0.1, 0.15) is 12.0 Å². The summed E-state index contributed by atoms with van der Waals surface area (Å²) in [6.07, 6.45) is -0.181. The van der Waals surface area contributed by atoms with Crippen LogP contribution in [0.3, 0.4) is 0 Å². The van der Waals surface area contributed by atoms with Crippen molar-refractivity contribution >= 4 is 27.5 Å². The summed E-state index contributed by atoms with van der Waals surface area (Å²) in [4.78, 5) is 11.4. The molecular formula is C17H19ClN2O5S. The first-order valence-electron chi connectivity index (χ1n) is 7.68. The largest absolute Gasteiger partial charge is 0.497 e. The number of benzene rings is 2. The third-order valence-electron chi connectivity index (χ3n) is 3.68. The molecule has 0 aliphatic heterocycles. The van der Waals surface area contributed by atoms with E-state index in [4.69, 9.17) is 21.5 Å². The number of halogens is 1. The van der Waals surface area contributed by atoms with Crippen LogP contribution in [0.5, 0.6) is 5.75 Å².